The number of imidazole rings is 1. The molecule has 0 N–H and O–H groups in total. The molecule has 1 aliphatic rings. The lowest BCUT2D eigenvalue weighted by Gasteiger charge is -2.32. The monoisotopic (exact) mass is 347 g/mol. The summed E-state index contributed by atoms with van der Waals surface area (Å²) in [5, 5.41) is 0. The maximum atomic E-state index is 4.48. The first kappa shape index (κ1) is 17.3. The summed E-state index contributed by atoms with van der Waals surface area (Å²) in [4.78, 5) is 7.13. The largest absolute Gasteiger partial charge is 0.331 e. The molecule has 0 spiro atoms. The first-order valence-electron chi connectivity index (χ1n) is 9.98. The van der Waals surface area contributed by atoms with Crippen molar-refractivity contribution in [2.45, 2.75) is 45.1 Å². The van der Waals surface area contributed by atoms with Gasteiger partial charge < -0.3 is 9.47 Å². The maximum Gasteiger partial charge on any atom is 0.0958 e. The second-order valence-electron chi connectivity index (χ2n) is 7.66. The summed E-state index contributed by atoms with van der Waals surface area (Å²) in [5.74, 6) is 0.753. The van der Waals surface area contributed by atoms with Gasteiger partial charge in [0.1, 0.15) is 0 Å². The van der Waals surface area contributed by atoms with E-state index in [0.717, 1.165) is 18.0 Å². The van der Waals surface area contributed by atoms with E-state index in [-0.39, 0.29) is 0 Å². The van der Waals surface area contributed by atoms with Crippen LogP contribution in [0.15, 0.2) is 54.9 Å². The average molecular weight is 348 g/mol. The van der Waals surface area contributed by atoms with Crippen LogP contribution in [-0.4, -0.2) is 34.1 Å². The van der Waals surface area contributed by atoms with Gasteiger partial charge in [-0.3, -0.25) is 0 Å². The van der Waals surface area contributed by atoms with Crippen LogP contribution >= 0.6 is 0 Å². The number of piperidine rings is 1. The number of likely N-dealkylation sites (tertiary alicyclic amines) is 1. The minimum atomic E-state index is 0.753. The summed E-state index contributed by atoms with van der Waals surface area (Å²) in [5.41, 5.74) is 5.28. The van der Waals surface area contributed by atoms with Crippen LogP contribution in [-0.2, 0) is 6.54 Å². The molecule has 3 aromatic rings. The molecule has 0 atom stereocenters. The van der Waals surface area contributed by atoms with E-state index in [2.05, 4.69) is 69.9 Å². The third-order valence-corrected chi connectivity index (χ3v) is 5.75. The molecule has 2 heterocycles. The lowest BCUT2D eigenvalue weighted by molar-refractivity contribution is 0.208. The van der Waals surface area contributed by atoms with Crippen LogP contribution in [0.3, 0.4) is 0 Å². The number of fused-ring (bicyclic) bond motifs is 1. The predicted octanol–water partition coefficient (Wildman–Crippen LogP) is 5.00. The Morgan fingerprint density at radius 1 is 0.962 bits per heavy atom. The van der Waals surface area contributed by atoms with Gasteiger partial charge in [-0.05, 0) is 75.9 Å². The van der Waals surface area contributed by atoms with Crippen molar-refractivity contribution in [2.24, 2.45) is 0 Å². The van der Waals surface area contributed by atoms with Crippen LogP contribution in [0.5, 0.6) is 0 Å². The Labute approximate surface area is 156 Å². The number of aromatic nitrogens is 2. The zero-order valence-corrected chi connectivity index (χ0v) is 15.8. The van der Waals surface area contributed by atoms with Gasteiger partial charge in [0.05, 0.1) is 17.4 Å². The van der Waals surface area contributed by atoms with E-state index in [1.54, 1.807) is 0 Å². The number of para-hydroxylation sites is 2. The summed E-state index contributed by atoms with van der Waals surface area (Å²) >= 11 is 0. The zero-order valence-electron chi connectivity index (χ0n) is 15.8. The van der Waals surface area contributed by atoms with Crippen LogP contribution in [0, 0.1) is 6.92 Å². The standard InChI is InChI=1S/C23H29N3/c1-19-7-6-8-21(17-19)20-11-15-25(16-12-20)13-4-5-14-26-18-24-22-9-2-3-10-23(22)26/h2-3,6-10,17-18,20H,4-5,11-16H2,1H3. The molecule has 3 heteroatoms. The minimum absolute atomic E-state index is 0.753. The molecular formula is C23H29N3. The highest BCUT2D eigenvalue weighted by Gasteiger charge is 2.20. The molecule has 1 aliphatic heterocycles. The summed E-state index contributed by atoms with van der Waals surface area (Å²) in [6.45, 7) is 6.98. The Kier molecular flexibility index (Phi) is 5.35. The van der Waals surface area contributed by atoms with Crippen molar-refractivity contribution < 1.29 is 0 Å². The molecule has 26 heavy (non-hydrogen) atoms. The van der Waals surface area contributed by atoms with Crippen molar-refractivity contribution in [3.05, 3.63) is 66.0 Å². The first-order valence-corrected chi connectivity index (χ1v) is 9.98. The van der Waals surface area contributed by atoms with Gasteiger partial charge in [0.25, 0.3) is 0 Å². The van der Waals surface area contributed by atoms with Crippen LogP contribution in [0.2, 0.25) is 0 Å². The molecule has 0 bridgehead atoms. The summed E-state index contributed by atoms with van der Waals surface area (Å²) in [6.07, 6.45) is 7.07. The second kappa shape index (κ2) is 8.05. The molecule has 3 nitrogen and oxygen atoms in total. The molecule has 0 unspecified atom stereocenters. The van der Waals surface area contributed by atoms with E-state index in [1.165, 1.54) is 62.0 Å². The third kappa shape index (κ3) is 3.99. The molecule has 1 saturated heterocycles. The second-order valence-corrected chi connectivity index (χ2v) is 7.66. The van der Waals surface area contributed by atoms with Crippen LogP contribution in [0.1, 0.15) is 42.7 Å². The molecule has 4 rings (SSSR count). The Hall–Kier alpha value is -2.13. The lowest BCUT2D eigenvalue weighted by Crippen LogP contribution is -2.33. The quantitative estimate of drug-likeness (QED) is 0.585. The number of hydrogen-bond donors (Lipinski definition) is 0. The van der Waals surface area contributed by atoms with E-state index in [0.29, 0.717) is 0 Å². The van der Waals surface area contributed by atoms with Gasteiger partial charge in [0.2, 0.25) is 0 Å². The van der Waals surface area contributed by atoms with Crippen molar-refractivity contribution in [1.82, 2.24) is 14.5 Å². The molecule has 1 fully saturated rings. The Morgan fingerprint density at radius 3 is 2.62 bits per heavy atom. The lowest BCUT2D eigenvalue weighted by atomic mass is 9.88. The Bertz CT molecular complexity index is 843. The Balaban J connectivity index is 1.20. The highest BCUT2D eigenvalue weighted by atomic mass is 15.1. The van der Waals surface area contributed by atoms with E-state index < -0.39 is 0 Å². The topological polar surface area (TPSA) is 21.1 Å². The summed E-state index contributed by atoms with van der Waals surface area (Å²) in [6, 6.07) is 17.5. The fraction of sp³-hybridized carbons (Fsp3) is 0.435. The van der Waals surface area contributed by atoms with Gasteiger partial charge in [0.15, 0.2) is 0 Å². The van der Waals surface area contributed by atoms with Crippen molar-refractivity contribution >= 4 is 11.0 Å². The molecule has 2 aromatic carbocycles. The third-order valence-electron chi connectivity index (χ3n) is 5.75. The molecule has 0 aliphatic carbocycles. The molecule has 0 saturated carbocycles. The van der Waals surface area contributed by atoms with Crippen molar-refractivity contribution in [2.75, 3.05) is 19.6 Å². The number of nitrogens with zero attached hydrogens (tertiary/aromatic N) is 3. The molecule has 0 amide bonds. The zero-order chi connectivity index (χ0) is 17.8. The van der Waals surface area contributed by atoms with Crippen molar-refractivity contribution in [3.63, 3.8) is 0 Å². The van der Waals surface area contributed by atoms with E-state index in [1.807, 2.05) is 6.33 Å². The smallest absolute Gasteiger partial charge is 0.0958 e. The maximum absolute atomic E-state index is 4.48. The SMILES string of the molecule is Cc1cccc(C2CCN(CCCCn3cnc4ccccc43)CC2)c1. The van der Waals surface area contributed by atoms with Gasteiger partial charge >= 0.3 is 0 Å². The first-order chi connectivity index (χ1) is 12.8. The molecule has 136 valence electrons. The van der Waals surface area contributed by atoms with Gasteiger partial charge in [-0.15, -0.1) is 0 Å². The molecular weight excluding hydrogens is 318 g/mol. The van der Waals surface area contributed by atoms with E-state index in [4.69, 9.17) is 0 Å². The number of benzene rings is 2. The average Bonchev–Trinajstić information content (AvgIpc) is 3.09. The summed E-state index contributed by atoms with van der Waals surface area (Å²) < 4.78 is 2.29. The highest BCUT2D eigenvalue weighted by molar-refractivity contribution is 5.74. The van der Waals surface area contributed by atoms with E-state index in [9.17, 15) is 0 Å². The summed E-state index contributed by atoms with van der Waals surface area (Å²) in [7, 11) is 0. The fourth-order valence-corrected chi connectivity index (χ4v) is 4.22. The van der Waals surface area contributed by atoms with Crippen molar-refractivity contribution in [3.8, 4) is 0 Å². The number of rotatable bonds is 6. The molecule has 1 aromatic heterocycles. The van der Waals surface area contributed by atoms with Crippen LogP contribution in [0.25, 0.3) is 11.0 Å². The van der Waals surface area contributed by atoms with Gasteiger partial charge in [0, 0.05) is 6.54 Å². The molecule has 0 radical (unpaired) electrons. The minimum Gasteiger partial charge on any atom is -0.331 e. The number of aryl methyl sites for hydroxylation is 2. The van der Waals surface area contributed by atoms with Crippen molar-refractivity contribution in [1.29, 1.82) is 0 Å². The number of unbranched alkanes of at least 4 members (excludes halogenated alkanes) is 1. The Morgan fingerprint density at radius 2 is 1.77 bits per heavy atom. The van der Waals surface area contributed by atoms with E-state index >= 15 is 0 Å². The van der Waals surface area contributed by atoms with Crippen LogP contribution < -0.4 is 0 Å². The van der Waals surface area contributed by atoms with Gasteiger partial charge in [-0.2, -0.15) is 0 Å². The van der Waals surface area contributed by atoms with Gasteiger partial charge in [-0.1, -0.05) is 42.0 Å². The fourth-order valence-electron chi connectivity index (χ4n) is 4.22. The number of hydrogen-bond acceptors (Lipinski definition) is 2. The normalized spacial score (nSPS) is 16.3. The van der Waals surface area contributed by atoms with Gasteiger partial charge in [-0.25, -0.2) is 4.98 Å². The predicted molar refractivity (Wildman–Crippen MR) is 109 cm³/mol. The van der Waals surface area contributed by atoms with Crippen LogP contribution in [0.4, 0.5) is 0 Å². The highest BCUT2D eigenvalue weighted by Crippen LogP contribution is 2.28.